The largest absolute Gasteiger partial charge is 0.465 e. The number of anilines is 2. The van der Waals surface area contributed by atoms with Gasteiger partial charge in [0.05, 0.1) is 18.4 Å². The van der Waals surface area contributed by atoms with Crippen LogP contribution in [0.4, 0.5) is 10.7 Å². The summed E-state index contributed by atoms with van der Waals surface area (Å²) in [6, 6.07) is 22.6. The summed E-state index contributed by atoms with van der Waals surface area (Å²) in [6.45, 7) is 0. The van der Waals surface area contributed by atoms with E-state index in [2.05, 4.69) is 16.0 Å². The van der Waals surface area contributed by atoms with E-state index in [4.69, 9.17) is 16.3 Å². The summed E-state index contributed by atoms with van der Waals surface area (Å²) < 4.78 is 5.04. The second-order valence-electron chi connectivity index (χ2n) is 10.5. The molecule has 0 unspecified atom stereocenters. The van der Waals surface area contributed by atoms with E-state index in [-0.39, 0.29) is 17.4 Å². The maximum absolute atomic E-state index is 13.4. The van der Waals surface area contributed by atoms with Gasteiger partial charge in [0.2, 0.25) is 5.91 Å². The quantitative estimate of drug-likeness (QED) is 0.0692. The smallest absolute Gasteiger partial charge is 0.341 e. The zero-order chi connectivity index (χ0) is 32.5. The van der Waals surface area contributed by atoms with Crippen LogP contribution in [0.5, 0.6) is 0 Å². The number of amides is 3. The fraction of sp³-hybridized carbons (Fsp3) is 0.200. The van der Waals surface area contributed by atoms with Gasteiger partial charge in [-0.1, -0.05) is 60.5 Å². The maximum Gasteiger partial charge on any atom is 0.341 e. The minimum Gasteiger partial charge on any atom is -0.465 e. The third kappa shape index (κ3) is 8.45. The molecule has 1 heterocycles. The fourth-order valence-electron chi connectivity index (χ4n) is 5.01. The number of hydrogen-bond donors (Lipinski definition) is 3. The van der Waals surface area contributed by atoms with Crippen LogP contribution < -0.4 is 16.0 Å². The molecular weight excluding hydrogens is 642 g/mol. The molecule has 0 saturated heterocycles. The van der Waals surface area contributed by atoms with Gasteiger partial charge in [-0.3, -0.25) is 14.4 Å². The highest BCUT2D eigenvalue weighted by molar-refractivity contribution is 8.00. The number of nitrogens with one attached hydrogen (secondary N) is 3. The molecule has 3 amide bonds. The molecule has 0 fully saturated rings. The lowest BCUT2D eigenvalue weighted by molar-refractivity contribution is -0.114. The van der Waals surface area contributed by atoms with E-state index < -0.39 is 17.8 Å². The number of ether oxygens (including phenoxy) is 1. The lowest BCUT2D eigenvalue weighted by Crippen LogP contribution is -2.30. The molecule has 1 aliphatic rings. The Labute approximate surface area is 280 Å². The first kappa shape index (κ1) is 33.0. The number of benzene rings is 3. The van der Waals surface area contributed by atoms with Crippen LogP contribution in [0.25, 0.3) is 6.08 Å². The van der Waals surface area contributed by atoms with E-state index in [0.717, 1.165) is 47.4 Å². The van der Waals surface area contributed by atoms with Gasteiger partial charge in [0.25, 0.3) is 11.8 Å². The average Bonchev–Trinajstić information content (AvgIpc) is 3.23. The van der Waals surface area contributed by atoms with Crippen LogP contribution in [-0.4, -0.2) is 36.6 Å². The number of carbonyl (C=O) groups excluding carboxylic acids is 4. The number of thioether (sulfide) groups is 1. The van der Waals surface area contributed by atoms with Gasteiger partial charge < -0.3 is 20.7 Å². The maximum atomic E-state index is 13.4. The van der Waals surface area contributed by atoms with Crippen molar-refractivity contribution < 1.29 is 23.9 Å². The number of esters is 1. The number of thiophene rings is 1. The molecule has 0 radical (unpaired) electrons. The molecule has 46 heavy (non-hydrogen) atoms. The molecule has 0 bridgehead atoms. The van der Waals surface area contributed by atoms with Crippen LogP contribution in [0.1, 0.15) is 56.0 Å². The third-order valence-corrected chi connectivity index (χ3v) is 9.80. The summed E-state index contributed by atoms with van der Waals surface area (Å²) in [5, 5.41) is 9.42. The first-order valence-corrected chi connectivity index (χ1v) is 16.9. The van der Waals surface area contributed by atoms with E-state index in [0.29, 0.717) is 32.4 Å². The molecule has 4 aromatic rings. The molecule has 0 atom stereocenters. The number of rotatable bonds is 10. The summed E-state index contributed by atoms with van der Waals surface area (Å²) in [5.74, 6) is -1.59. The van der Waals surface area contributed by atoms with Gasteiger partial charge in [-0.15, -0.1) is 23.1 Å². The molecule has 1 aliphatic carbocycles. The predicted molar refractivity (Wildman–Crippen MR) is 185 cm³/mol. The van der Waals surface area contributed by atoms with Crippen LogP contribution in [0.2, 0.25) is 5.02 Å². The van der Waals surface area contributed by atoms with Gasteiger partial charge in [0.15, 0.2) is 0 Å². The first-order valence-electron chi connectivity index (χ1n) is 14.7. The van der Waals surface area contributed by atoms with Crippen LogP contribution in [0.15, 0.2) is 89.5 Å². The Morgan fingerprint density at radius 3 is 2.46 bits per heavy atom. The highest BCUT2D eigenvalue weighted by Gasteiger charge is 2.26. The SMILES string of the molecule is COC(=O)c1c(NC(=O)CSc2cccc(NC(=O)/C(=C\c3ccccc3Cl)NC(=O)c3ccccc3)c2)sc2c1CCCCC2. The molecule has 5 rings (SSSR count). The van der Waals surface area contributed by atoms with Crippen molar-refractivity contribution in [3.63, 3.8) is 0 Å². The molecule has 8 nitrogen and oxygen atoms in total. The van der Waals surface area contributed by atoms with E-state index in [9.17, 15) is 19.2 Å². The summed E-state index contributed by atoms with van der Waals surface area (Å²) >= 11 is 9.08. The fourth-order valence-corrected chi connectivity index (χ4v) is 7.25. The average molecular weight is 674 g/mol. The Kier molecular flexibility index (Phi) is 11.3. The van der Waals surface area contributed by atoms with Gasteiger partial charge in [-0.2, -0.15) is 0 Å². The van der Waals surface area contributed by atoms with E-state index >= 15 is 0 Å². The number of fused-ring (bicyclic) bond motifs is 1. The van der Waals surface area contributed by atoms with Crippen molar-refractivity contribution in [2.24, 2.45) is 0 Å². The van der Waals surface area contributed by atoms with Crippen LogP contribution in [0, 0.1) is 0 Å². The second-order valence-corrected chi connectivity index (χ2v) is 13.0. The minimum atomic E-state index is -0.545. The van der Waals surface area contributed by atoms with Gasteiger partial charge in [-0.05, 0) is 79.3 Å². The Morgan fingerprint density at radius 2 is 1.67 bits per heavy atom. The number of aryl methyl sites for hydroxylation is 1. The number of hydrogen-bond acceptors (Lipinski definition) is 7. The Bertz CT molecular complexity index is 1790. The summed E-state index contributed by atoms with van der Waals surface area (Å²) in [7, 11) is 1.35. The zero-order valence-electron chi connectivity index (χ0n) is 25.1. The molecule has 0 aliphatic heterocycles. The van der Waals surface area contributed by atoms with Crippen molar-refractivity contribution in [2.75, 3.05) is 23.5 Å². The zero-order valence-corrected chi connectivity index (χ0v) is 27.5. The van der Waals surface area contributed by atoms with Crippen molar-refractivity contribution in [3.05, 3.63) is 117 Å². The standard InChI is InChI=1S/C35H32ClN3O5S2/c1-44-35(43)31-26-16-6-3-7-18-29(26)46-34(31)39-30(40)21-45-25-15-10-14-24(20-25)37-33(42)28(19-23-13-8-9-17-27(23)36)38-32(41)22-11-4-2-5-12-22/h2,4-5,8-15,17,19-20H,3,6-7,16,18,21H2,1H3,(H,37,42)(H,38,41)(H,39,40)/b28-19+. The Hall–Kier alpha value is -4.38. The summed E-state index contributed by atoms with van der Waals surface area (Å²) in [6.07, 6.45) is 6.37. The molecule has 3 N–H and O–H groups in total. The Morgan fingerprint density at radius 1 is 0.913 bits per heavy atom. The molecule has 236 valence electrons. The van der Waals surface area contributed by atoms with E-state index in [1.54, 1.807) is 72.8 Å². The van der Waals surface area contributed by atoms with E-state index in [1.807, 2.05) is 6.07 Å². The number of halogens is 1. The summed E-state index contributed by atoms with van der Waals surface area (Å²) in [4.78, 5) is 53.9. The van der Waals surface area contributed by atoms with Crippen molar-refractivity contribution >= 4 is 75.2 Å². The minimum absolute atomic E-state index is 0.00939. The van der Waals surface area contributed by atoms with Gasteiger partial charge in [0, 0.05) is 26.0 Å². The second kappa shape index (κ2) is 15.8. The molecule has 1 aromatic heterocycles. The predicted octanol–water partition coefficient (Wildman–Crippen LogP) is 7.60. The van der Waals surface area contributed by atoms with Crippen molar-refractivity contribution in [1.82, 2.24) is 5.32 Å². The molecule has 0 saturated carbocycles. The highest BCUT2D eigenvalue weighted by atomic mass is 35.5. The molecule has 3 aromatic carbocycles. The first-order chi connectivity index (χ1) is 22.3. The van der Waals surface area contributed by atoms with Crippen molar-refractivity contribution in [2.45, 2.75) is 37.0 Å². The monoisotopic (exact) mass is 673 g/mol. The topological polar surface area (TPSA) is 114 Å². The normalized spacial score (nSPS) is 12.8. The van der Waals surface area contributed by atoms with Gasteiger partial charge in [0.1, 0.15) is 10.7 Å². The molecular formula is C35H32ClN3O5S2. The van der Waals surface area contributed by atoms with Crippen LogP contribution in [-0.2, 0) is 27.2 Å². The highest BCUT2D eigenvalue weighted by Crippen LogP contribution is 2.38. The molecule has 11 heteroatoms. The molecule has 0 spiro atoms. The lowest BCUT2D eigenvalue weighted by atomic mass is 10.1. The van der Waals surface area contributed by atoms with Gasteiger partial charge in [-0.25, -0.2) is 4.79 Å². The lowest BCUT2D eigenvalue weighted by Gasteiger charge is -2.12. The number of carbonyl (C=O) groups is 4. The summed E-state index contributed by atoms with van der Waals surface area (Å²) in [5.41, 5.74) is 2.90. The third-order valence-electron chi connectivity index (χ3n) is 7.26. The van der Waals surface area contributed by atoms with Crippen molar-refractivity contribution in [3.8, 4) is 0 Å². The van der Waals surface area contributed by atoms with E-state index in [1.165, 1.54) is 36.3 Å². The Balaban J connectivity index is 1.27. The number of methoxy groups -OCH3 is 1. The van der Waals surface area contributed by atoms with Crippen LogP contribution >= 0.6 is 34.7 Å². The van der Waals surface area contributed by atoms with Crippen LogP contribution in [0.3, 0.4) is 0 Å². The van der Waals surface area contributed by atoms with Crippen molar-refractivity contribution in [1.29, 1.82) is 0 Å². The van der Waals surface area contributed by atoms with Gasteiger partial charge >= 0.3 is 5.97 Å².